The van der Waals surface area contributed by atoms with Gasteiger partial charge in [-0.05, 0) is 69.9 Å². The minimum atomic E-state index is -2.11. The zero-order chi connectivity index (χ0) is 34.1. The molecule has 0 saturated heterocycles. The first-order valence-electron chi connectivity index (χ1n) is 16.5. The van der Waals surface area contributed by atoms with Gasteiger partial charge in [-0.3, -0.25) is 9.80 Å². The van der Waals surface area contributed by atoms with E-state index in [1.54, 1.807) is 12.4 Å². The Morgan fingerprint density at radius 1 is 0.360 bits per heavy atom. The molecule has 0 spiro atoms. The molecule has 8 rings (SSSR count). The van der Waals surface area contributed by atoms with E-state index >= 15 is 0 Å². The number of hydrogen-bond donors (Lipinski definition) is 0. The summed E-state index contributed by atoms with van der Waals surface area (Å²) in [5.41, 5.74) is 1.92. The van der Waals surface area contributed by atoms with Gasteiger partial charge in [-0.15, -0.1) is 0 Å². The van der Waals surface area contributed by atoms with Gasteiger partial charge in [0, 0.05) is 23.8 Å². The number of hydrogen-bond acceptors (Lipinski definition) is 4. The van der Waals surface area contributed by atoms with Crippen molar-refractivity contribution in [2.75, 3.05) is 9.80 Å². The summed E-state index contributed by atoms with van der Waals surface area (Å²) < 4.78 is 0. The first-order chi connectivity index (χ1) is 24.5. The van der Waals surface area contributed by atoms with E-state index in [2.05, 4.69) is 186 Å². The van der Waals surface area contributed by atoms with Crippen LogP contribution in [0.15, 0.2) is 195 Å². The highest BCUT2D eigenvalue weighted by Crippen LogP contribution is 2.48. The predicted molar refractivity (Wildman–Crippen MR) is 220 cm³/mol. The van der Waals surface area contributed by atoms with Gasteiger partial charge in [-0.25, -0.2) is 9.97 Å². The quantitative estimate of drug-likeness (QED) is 0.154. The van der Waals surface area contributed by atoms with Crippen LogP contribution >= 0.6 is 13.8 Å². The molecule has 0 bridgehead atoms. The molecule has 1 aromatic heterocycles. The summed E-state index contributed by atoms with van der Waals surface area (Å²) in [6.45, 7) is 0.350. The van der Waals surface area contributed by atoms with E-state index in [1.165, 1.54) is 31.8 Å². The molecule has 0 amide bonds. The molecule has 0 unspecified atom stereocenters. The summed E-state index contributed by atoms with van der Waals surface area (Å²) in [6, 6.07) is 60.0. The fourth-order valence-corrected chi connectivity index (χ4v) is 12.7. The molecule has 6 aromatic carbocycles. The van der Waals surface area contributed by atoms with E-state index in [0.29, 0.717) is 0 Å². The van der Waals surface area contributed by atoms with Gasteiger partial charge >= 0.3 is 0 Å². The Labute approximate surface area is 294 Å². The number of nitrogens with zero attached hydrogens (tertiary/aromatic N) is 4. The molecule has 0 saturated carbocycles. The maximum Gasteiger partial charge on any atom is 0.183 e. The first-order valence-corrected chi connectivity index (χ1v) is 20.4. The molecule has 0 N–H and O–H groups in total. The maximum atomic E-state index is 4.92. The molecule has 1 aliphatic rings. The largest absolute Gasteiger partial charge is 0.277 e. The zero-order valence-corrected chi connectivity index (χ0v) is 29.4. The van der Waals surface area contributed by atoms with Crippen LogP contribution in [-0.2, 0) is 0 Å². The average Bonchev–Trinajstić information content (AvgIpc) is 3.50. The van der Waals surface area contributed by atoms with E-state index in [9.17, 15) is 0 Å². The topological polar surface area (TPSA) is 32.3 Å². The summed E-state index contributed by atoms with van der Waals surface area (Å²) in [4.78, 5) is 13.8. The van der Waals surface area contributed by atoms with Crippen LogP contribution < -0.4 is 41.6 Å². The standard InChI is InChI=1S/C44H36N4P2/c1-34-47(35-24-28-41(29-25-35)49(2,37-16-8-4-9-17-37)38-18-10-5-11-19-38)43-44(46-33-32-45-43)48(34)36-26-30-42(31-27-36)50(3,39-20-12-6-13-21-39)40-22-14-7-15-23-40/h4-33H,1-3H2. The summed E-state index contributed by atoms with van der Waals surface area (Å²) in [7, 11) is 0. The van der Waals surface area contributed by atoms with Crippen molar-refractivity contribution in [3.05, 3.63) is 195 Å². The minimum absolute atomic E-state index is 0.740. The van der Waals surface area contributed by atoms with Crippen molar-refractivity contribution >= 4 is 81.2 Å². The minimum Gasteiger partial charge on any atom is -0.277 e. The van der Waals surface area contributed by atoms with E-state index in [0.717, 1.165) is 28.8 Å². The Morgan fingerprint density at radius 2 is 0.620 bits per heavy atom. The molecule has 242 valence electrons. The fraction of sp³-hybridized carbons (Fsp3) is 0. The summed E-state index contributed by atoms with van der Waals surface area (Å²) in [5.74, 6) is 2.24. The lowest BCUT2D eigenvalue weighted by Crippen LogP contribution is -2.26. The number of benzene rings is 6. The van der Waals surface area contributed by atoms with Gasteiger partial charge in [0.2, 0.25) is 0 Å². The Kier molecular flexibility index (Phi) is 8.21. The van der Waals surface area contributed by atoms with Crippen molar-refractivity contribution < 1.29 is 0 Å². The van der Waals surface area contributed by atoms with Crippen LogP contribution in [0, 0.1) is 0 Å². The van der Waals surface area contributed by atoms with Crippen molar-refractivity contribution in [1.29, 1.82) is 0 Å². The van der Waals surface area contributed by atoms with Gasteiger partial charge in [0.25, 0.3) is 0 Å². The highest BCUT2D eigenvalue weighted by atomic mass is 31.2. The third kappa shape index (κ3) is 5.26. The second kappa shape index (κ2) is 13.0. The Balaban J connectivity index is 1.16. The van der Waals surface area contributed by atoms with E-state index in [4.69, 9.17) is 22.6 Å². The average molecular weight is 683 g/mol. The Bertz CT molecular complexity index is 2120. The number of fused-ring (bicyclic) bond motifs is 1. The molecule has 50 heavy (non-hydrogen) atoms. The third-order valence-corrected chi connectivity index (χ3v) is 16.6. The maximum absolute atomic E-state index is 4.92. The number of anilines is 4. The first kappa shape index (κ1) is 31.6. The van der Waals surface area contributed by atoms with Crippen LogP contribution in [0.2, 0.25) is 0 Å². The van der Waals surface area contributed by atoms with Crippen LogP contribution in [0.25, 0.3) is 0 Å². The fourth-order valence-electron chi connectivity index (χ4n) is 6.86. The van der Waals surface area contributed by atoms with Crippen LogP contribution in [0.1, 0.15) is 0 Å². The predicted octanol–water partition coefficient (Wildman–Crippen LogP) is 7.69. The summed E-state index contributed by atoms with van der Waals surface area (Å²) in [6.07, 6.45) is 13.3. The van der Waals surface area contributed by atoms with Crippen molar-refractivity contribution in [1.82, 2.24) is 9.97 Å². The molecule has 7 aromatic rings. The van der Waals surface area contributed by atoms with Gasteiger partial charge in [-0.2, -0.15) is 0 Å². The van der Waals surface area contributed by atoms with E-state index in [1.807, 2.05) is 0 Å². The molecule has 2 heterocycles. The lowest BCUT2D eigenvalue weighted by molar-refractivity contribution is 1.12. The molecule has 6 heteroatoms. The molecule has 4 nitrogen and oxygen atoms in total. The van der Waals surface area contributed by atoms with E-state index < -0.39 is 13.8 Å². The number of rotatable bonds is 8. The Morgan fingerprint density at radius 3 is 0.900 bits per heavy atom. The third-order valence-electron chi connectivity index (χ3n) is 9.49. The van der Waals surface area contributed by atoms with Gasteiger partial charge < -0.3 is 0 Å². The molecule has 0 fully saturated rings. The molecular weight excluding hydrogens is 646 g/mol. The second-order valence-electron chi connectivity index (χ2n) is 12.3. The highest BCUT2D eigenvalue weighted by molar-refractivity contribution is 7.93. The smallest absolute Gasteiger partial charge is 0.183 e. The molecule has 0 radical (unpaired) electrons. The lowest BCUT2D eigenvalue weighted by Gasteiger charge is -2.28. The van der Waals surface area contributed by atoms with Crippen LogP contribution in [-0.4, -0.2) is 22.6 Å². The molecule has 0 atom stereocenters. The molecule has 0 aliphatic carbocycles. The van der Waals surface area contributed by atoms with Gasteiger partial charge in [0.15, 0.2) is 11.6 Å². The zero-order valence-electron chi connectivity index (χ0n) is 27.6. The van der Waals surface area contributed by atoms with Crippen LogP contribution in [0.4, 0.5) is 23.0 Å². The normalized spacial score (nSPS) is 12.9. The van der Waals surface area contributed by atoms with Crippen molar-refractivity contribution in [2.24, 2.45) is 0 Å². The summed E-state index contributed by atoms with van der Waals surface area (Å²) in [5, 5.41) is 7.36. The summed E-state index contributed by atoms with van der Waals surface area (Å²) >= 11 is 0. The molecular formula is C44H36N4P2. The van der Waals surface area contributed by atoms with Crippen LogP contribution in [0.3, 0.4) is 0 Å². The van der Waals surface area contributed by atoms with Crippen molar-refractivity contribution in [3.63, 3.8) is 0 Å². The van der Waals surface area contributed by atoms with Gasteiger partial charge in [0.1, 0.15) is 5.82 Å². The van der Waals surface area contributed by atoms with Crippen LogP contribution in [0.5, 0.6) is 0 Å². The monoisotopic (exact) mass is 682 g/mol. The number of aromatic nitrogens is 2. The van der Waals surface area contributed by atoms with Crippen molar-refractivity contribution in [3.8, 4) is 0 Å². The molecule has 1 aliphatic heterocycles. The van der Waals surface area contributed by atoms with Crippen molar-refractivity contribution in [2.45, 2.75) is 0 Å². The highest BCUT2D eigenvalue weighted by Gasteiger charge is 2.35. The van der Waals surface area contributed by atoms with Gasteiger partial charge in [-0.1, -0.05) is 165 Å². The SMILES string of the molecule is C=C1N(c2ccc(P(=C)(c3ccccc3)c3ccccc3)cc2)c2nccnc2N1c1ccc(P(=C)(c2ccccc2)c2ccccc2)cc1. The second-order valence-corrected chi connectivity index (χ2v) is 18.6. The Hall–Kier alpha value is -5.66. The van der Waals surface area contributed by atoms with E-state index in [-0.39, 0.29) is 0 Å². The van der Waals surface area contributed by atoms with Gasteiger partial charge in [0.05, 0.1) is 0 Å². The lowest BCUT2D eigenvalue weighted by atomic mass is 10.3.